The third kappa shape index (κ3) is 4.28. The quantitative estimate of drug-likeness (QED) is 0.694. The lowest BCUT2D eigenvalue weighted by atomic mass is 10.1. The summed E-state index contributed by atoms with van der Waals surface area (Å²) < 4.78 is 17.2. The summed E-state index contributed by atoms with van der Waals surface area (Å²) in [5, 5.41) is 28.5. The van der Waals surface area contributed by atoms with E-state index in [9.17, 15) is 15.2 Å². The monoisotopic (exact) mass is 412 g/mol. The highest BCUT2D eigenvalue weighted by Gasteiger charge is 2.24. The van der Waals surface area contributed by atoms with Gasteiger partial charge in [-0.05, 0) is 19.3 Å². The average Bonchev–Trinajstić information content (AvgIpc) is 3.28. The molecular formula is C21H24N4O5. The standard InChI is InChI=1S/C21H24N4O5/c1-4-17-18(11-22)20(26)25(12-14-6-5-7-30-14)21(27)19(17)24-23-13-8-15(28-2)10-16(9-13)29-3/h8-10,14,26H,4-7,12H2,1-3H3. The van der Waals surface area contributed by atoms with E-state index in [4.69, 9.17) is 14.2 Å². The molecule has 158 valence electrons. The van der Waals surface area contributed by atoms with E-state index >= 15 is 0 Å². The summed E-state index contributed by atoms with van der Waals surface area (Å²) >= 11 is 0. The lowest BCUT2D eigenvalue weighted by molar-refractivity contribution is 0.0939. The number of hydrogen-bond acceptors (Lipinski definition) is 8. The fraction of sp³-hybridized carbons (Fsp3) is 0.429. The van der Waals surface area contributed by atoms with Crippen LogP contribution in [0.25, 0.3) is 0 Å². The van der Waals surface area contributed by atoms with Gasteiger partial charge in [0, 0.05) is 30.4 Å². The van der Waals surface area contributed by atoms with Crippen LogP contribution in [0.2, 0.25) is 0 Å². The molecule has 0 radical (unpaired) electrons. The first-order valence-corrected chi connectivity index (χ1v) is 9.67. The smallest absolute Gasteiger partial charge is 0.281 e. The summed E-state index contributed by atoms with van der Waals surface area (Å²) in [6.45, 7) is 2.55. The zero-order valence-electron chi connectivity index (χ0n) is 17.2. The lowest BCUT2D eigenvalue weighted by Gasteiger charge is -2.17. The van der Waals surface area contributed by atoms with Crippen LogP contribution in [-0.2, 0) is 17.7 Å². The van der Waals surface area contributed by atoms with E-state index < -0.39 is 5.56 Å². The van der Waals surface area contributed by atoms with Crippen LogP contribution in [0.4, 0.5) is 11.4 Å². The molecule has 30 heavy (non-hydrogen) atoms. The molecule has 0 saturated carbocycles. The van der Waals surface area contributed by atoms with Crippen molar-refractivity contribution in [3.8, 4) is 23.4 Å². The van der Waals surface area contributed by atoms with Crippen molar-refractivity contribution in [3.63, 3.8) is 0 Å². The van der Waals surface area contributed by atoms with Gasteiger partial charge in [-0.2, -0.15) is 10.4 Å². The predicted molar refractivity (Wildman–Crippen MR) is 109 cm³/mol. The Hall–Kier alpha value is -3.38. The second-order valence-electron chi connectivity index (χ2n) is 6.81. The van der Waals surface area contributed by atoms with Crippen molar-refractivity contribution < 1.29 is 19.3 Å². The number of benzene rings is 1. The SMILES string of the molecule is CCc1c(C#N)c(O)n(CC2CCCO2)c(=O)c1N=Nc1cc(OC)cc(OC)c1. The molecule has 1 aliphatic rings. The zero-order valence-corrected chi connectivity index (χ0v) is 17.2. The van der Waals surface area contributed by atoms with Crippen LogP contribution in [-0.4, -0.2) is 36.6 Å². The Morgan fingerprint density at radius 3 is 2.50 bits per heavy atom. The average molecular weight is 412 g/mol. The molecule has 2 heterocycles. The van der Waals surface area contributed by atoms with Gasteiger partial charge in [-0.1, -0.05) is 6.92 Å². The molecule has 3 rings (SSSR count). The third-order valence-corrected chi connectivity index (χ3v) is 4.99. The van der Waals surface area contributed by atoms with Crippen molar-refractivity contribution in [2.45, 2.75) is 38.8 Å². The maximum Gasteiger partial charge on any atom is 0.281 e. The molecule has 1 aliphatic heterocycles. The molecule has 0 spiro atoms. The normalized spacial score (nSPS) is 16.0. The first-order valence-electron chi connectivity index (χ1n) is 9.67. The van der Waals surface area contributed by atoms with Crippen LogP contribution in [0.3, 0.4) is 0 Å². The highest BCUT2D eigenvalue weighted by molar-refractivity contribution is 5.58. The van der Waals surface area contributed by atoms with E-state index in [0.29, 0.717) is 35.8 Å². The number of methoxy groups -OCH3 is 2. The van der Waals surface area contributed by atoms with Crippen LogP contribution < -0.4 is 15.0 Å². The minimum atomic E-state index is -0.516. The molecule has 1 unspecified atom stereocenters. The highest BCUT2D eigenvalue weighted by Crippen LogP contribution is 2.31. The Kier molecular flexibility index (Phi) is 6.69. The fourth-order valence-corrected chi connectivity index (χ4v) is 3.43. The molecule has 0 amide bonds. The Morgan fingerprint density at radius 2 is 1.97 bits per heavy atom. The molecule has 1 atom stereocenters. The van der Waals surface area contributed by atoms with Crippen molar-refractivity contribution in [2.24, 2.45) is 10.2 Å². The maximum absolute atomic E-state index is 13.1. The molecule has 1 fully saturated rings. The summed E-state index contributed by atoms with van der Waals surface area (Å²) in [7, 11) is 3.04. The Balaban J connectivity index is 2.10. The van der Waals surface area contributed by atoms with Gasteiger partial charge in [0.15, 0.2) is 5.69 Å². The number of nitriles is 1. The van der Waals surface area contributed by atoms with Gasteiger partial charge < -0.3 is 19.3 Å². The maximum atomic E-state index is 13.1. The number of hydrogen-bond donors (Lipinski definition) is 1. The van der Waals surface area contributed by atoms with Crippen LogP contribution >= 0.6 is 0 Å². The fourth-order valence-electron chi connectivity index (χ4n) is 3.43. The molecule has 9 heteroatoms. The Morgan fingerprint density at radius 1 is 1.27 bits per heavy atom. The van der Waals surface area contributed by atoms with Crippen LogP contribution in [0.15, 0.2) is 33.2 Å². The number of aromatic hydroxyl groups is 1. The van der Waals surface area contributed by atoms with Crippen molar-refractivity contribution in [3.05, 3.63) is 39.7 Å². The number of ether oxygens (including phenoxy) is 3. The molecule has 1 aromatic heterocycles. The van der Waals surface area contributed by atoms with E-state index in [1.165, 1.54) is 14.2 Å². The third-order valence-electron chi connectivity index (χ3n) is 4.99. The first kappa shape index (κ1) is 21.3. The van der Waals surface area contributed by atoms with Gasteiger partial charge in [0.25, 0.3) is 5.56 Å². The number of rotatable bonds is 7. The first-order chi connectivity index (χ1) is 14.5. The minimum absolute atomic E-state index is 0.0200. The van der Waals surface area contributed by atoms with Crippen molar-refractivity contribution in [2.75, 3.05) is 20.8 Å². The minimum Gasteiger partial charge on any atom is -0.497 e. The van der Waals surface area contributed by atoms with Gasteiger partial charge >= 0.3 is 0 Å². The van der Waals surface area contributed by atoms with E-state index in [1.54, 1.807) is 25.1 Å². The van der Waals surface area contributed by atoms with E-state index in [-0.39, 0.29) is 29.8 Å². The van der Waals surface area contributed by atoms with Crippen LogP contribution in [0.5, 0.6) is 17.4 Å². The summed E-state index contributed by atoms with van der Waals surface area (Å²) in [6, 6.07) is 6.98. The van der Waals surface area contributed by atoms with Crippen molar-refractivity contribution >= 4 is 11.4 Å². The number of nitrogens with zero attached hydrogens (tertiary/aromatic N) is 4. The summed E-state index contributed by atoms with van der Waals surface area (Å²) in [6.07, 6.45) is 1.81. The summed E-state index contributed by atoms with van der Waals surface area (Å²) in [5.74, 6) is 0.688. The van der Waals surface area contributed by atoms with Crippen molar-refractivity contribution in [1.29, 1.82) is 5.26 Å². The van der Waals surface area contributed by atoms with Gasteiger partial charge in [0.05, 0.1) is 32.6 Å². The molecular weight excluding hydrogens is 388 g/mol. The molecule has 0 bridgehead atoms. The number of azo groups is 1. The number of aromatic nitrogens is 1. The predicted octanol–water partition coefficient (Wildman–Crippen LogP) is 3.60. The Bertz CT molecular complexity index is 1030. The van der Waals surface area contributed by atoms with Crippen molar-refractivity contribution in [1.82, 2.24) is 4.57 Å². The van der Waals surface area contributed by atoms with Crippen LogP contribution in [0, 0.1) is 11.3 Å². The second kappa shape index (κ2) is 9.41. The molecule has 1 N–H and O–H groups in total. The topological polar surface area (TPSA) is 118 Å². The zero-order chi connectivity index (χ0) is 21.7. The van der Waals surface area contributed by atoms with Gasteiger partial charge in [0.1, 0.15) is 23.1 Å². The van der Waals surface area contributed by atoms with E-state index in [0.717, 1.165) is 17.4 Å². The van der Waals surface area contributed by atoms with Gasteiger partial charge in [-0.3, -0.25) is 9.36 Å². The van der Waals surface area contributed by atoms with Gasteiger partial charge in [-0.25, -0.2) is 0 Å². The van der Waals surface area contributed by atoms with E-state index in [2.05, 4.69) is 10.2 Å². The molecule has 2 aromatic rings. The highest BCUT2D eigenvalue weighted by atomic mass is 16.5. The van der Waals surface area contributed by atoms with E-state index in [1.807, 2.05) is 6.07 Å². The van der Waals surface area contributed by atoms with Crippen LogP contribution in [0.1, 0.15) is 30.9 Å². The molecule has 1 aromatic carbocycles. The second-order valence-corrected chi connectivity index (χ2v) is 6.81. The lowest BCUT2D eigenvalue weighted by Crippen LogP contribution is -2.27. The summed E-state index contributed by atoms with van der Waals surface area (Å²) in [4.78, 5) is 13.1. The molecule has 1 saturated heterocycles. The number of pyridine rings is 1. The molecule has 9 nitrogen and oxygen atoms in total. The summed E-state index contributed by atoms with van der Waals surface area (Å²) in [5.41, 5.74) is 0.295. The molecule has 0 aliphatic carbocycles. The van der Waals surface area contributed by atoms with Gasteiger partial charge in [0.2, 0.25) is 5.88 Å². The Labute approximate surface area is 174 Å². The van der Waals surface area contributed by atoms with Gasteiger partial charge in [-0.15, -0.1) is 5.11 Å². The largest absolute Gasteiger partial charge is 0.497 e.